The number of hydrogen-bond acceptors (Lipinski definition) is 3. The fraction of sp³-hybridized carbons (Fsp3) is 0.611. The average Bonchev–Trinajstić information content (AvgIpc) is 2.43. The summed E-state index contributed by atoms with van der Waals surface area (Å²) in [6, 6.07) is 8.31. The molecule has 1 aromatic carbocycles. The number of hydrogen-bond donors (Lipinski definition) is 2. The SMILES string of the molecule is CN(C)CCCNC(=O)CCNc1ccccc1C(C)(C)C. The molecule has 4 nitrogen and oxygen atoms in total. The highest BCUT2D eigenvalue weighted by Crippen LogP contribution is 2.29. The van der Waals surface area contributed by atoms with Gasteiger partial charge in [-0.1, -0.05) is 39.0 Å². The molecular formula is C18H31N3O. The smallest absolute Gasteiger partial charge is 0.221 e. The average molecular weight is 305 g/mol. The number of nitrogens with one attached hydrogen (secondary N) is 2. The topological polar surface area (TPSA) is 44.4 Å². The second-order valence-corrected chi connectivity index (χ2v) is 6.98. The van der Waals surface area contributed by atoms with Gasteiger partial charge >= 0.3 is 0 Å². The predicted octanol–water partition coefficient (Wildman–Crippen LogP) is 2.85. The first-order valence-corrected chi connectivity index (χ1v) is 8.05. The first-order valence-electron chi connectivity index (χ1n) is 8.05. The molecule has 0 heterocycles. The fourth-order valence-corrected chi connectivity index (χ4v) is 2.31. The van der Waals surface area contributed by atoms with Gasteiger partial charge in [0.25, 0.3) is 0 Å². The van der Waals surface area contributed by atoms with Gasteiger partial charge in [0.1, 0.15) is 0 Å². The van der Waals surface area contributed by atoms with Crippen molar-refractivity contribution >= 4 is 11.6 Å². The lowest BCUT2D eigenvalue weighted by Gasteiger charge is -2.23. The van der Waals surface area contributed by atoms with Crippen LogP contribution in [0, 0.1) is 0 Å². The van der Waals surface area contributed by atoms with Crippen LogP contribution in [-0.4, -0.2) is 44.5 Å². The lowest BCUT2D eigenvalue weighted by molar-refractivity contribution is -0.120. The minimum atomic E-state index is 0.0953. The normalized spacial score (nSPS) is 11.5. The van der Waals surface area contributed by atoms with Crippen LogP contribution in [0.4, 0.5) is 5.69 Å². The molecule has 1 amide bonds. The van der Waals surface area contributed by atoms with E-state index >= 15 is 0 Å². The summed E-state index contributed by atoms with van der Waals surface area (Å²) in [4.78, 5) is 13.9. The van der Waals surface area contributed by atoms with Crippen LogP contribution in [0.15, 0.2) is 24.3 Å². The molecule has 1 rings (SSSR count). The summed E-state index contributed by atoms with van der Waals surface area (Å²) >= 11 is 0. The van der Waals surface area contributed by atoms with Crippen molar-refractivity contribution in [3.05, 3.63) is 29.8 Å². The van der Waals surface area contributed by atoms with Crippen molar-refractivity contribution in [3.8, 4) is 0 Å². The van der Waals surface area contributed by atoms with Crippen LogP contribution in [-0.2, 0) is 10.2 Å². The molecule has 22 heavy (non-hydrogen) atoms. The predicted molar refractivity (Wildman–Crippen MR) is 94.4 cm³/mol. The van der Waals surface area contributed by atoms with Gasteiger partial charge in [-0.25, -0.2) is 0 Å². The summed E-state index contributed by atoms with van der Waals surface area (Å²) in [6.07, 6.45) is 1.49. The van der Waals surface area contributed by atoms with Crippen LogP contribution in [0.5, 0.6) is 0 Å². The molecule has 4 heteroatoms. The van der Waals surface area contributed by atoms with Gasteiger partial charge in [0.2, 0.25) is 5.91 Å². The summed E-state index contributed by atoms with van der Waals surface area (Å²) < 4.78 is 0. The Morgan fingerprint density at radius 1 is 1.14 bits per heavy atom. The maximum Gasteiger partial charge on any atom is 0.221 e. The standard InChI is InChI=1S/C18H31N3O/c1-18(2,3)15-9-6-7-10-16(15)19-13-11-17(22)20-12-8-14-21(4)5/h6-7,9-10,19H,8,11-14H2,1-5H3,(H,20,22). The quantitative estimate of drug-likeness (QED) is 0.726. The van der Waals surface area contributed by atoms with Gasteiger partial charge in [-0.15, -0.1) is 0 Å². The van der Waals surface area contributed by atoms with Gasteiger partial charge in [-0.05, 0) is 44.1 Å². The number of para-hydroxylation sites is 1. The number of rotatable bonds is 8. The molecule has 0 saturated heterocycles. The van der Waals surface area contributed by atoms with E-state index in [1.165, 1.54) is 5.56 Å². The molecule has 124 valence electrons. The maximum absolute atomic E-state index is 11.8. The summed E-state index contributed by atoms with van der Waals surface area (Å²) in [5.74, 6) is 0.111. The number of amides is 1. The van der Waals surface area contributed by atoms with Crippen LogP contribution in [0.25, 0.3) is 0 Å². The van der Waals surface area contributed by atoms with Crippen molar-refractivity contribution in [1.82, 2.24) is 10.2 Å². The Bertz CT molecular complexity index is 464. The second kappa shape index (κ2) is 8.79. The number of carbonyl (C=O) groups excluding carboxylic acids is 1. The van der Waals surface area contributed by atoms with E-state index in [1.807, 2.05) is 20.2 Å². The van der Waals surface area contributed by atoms with Crippen LogP contribution < -0.4 is 10.6 Å². The Morgan fingerprint density at radius 2 is 1.82 bits per heavy atom. The number of nitrogens with zero attached hydrogens (tertiary/aromatic N) is 1. The Balaban J connectivity index is 2.34. The van der Waals surface area contributed by atoms with Crippen molar-refractivity contribution in [2.24, 2.45) is 0 Å². The molecule has 0 unspecified atom stereocenters. The summed E-state index contributed by atoms with van der Waals surface area (Å²) in [7, 11) is 4.08. The molecule has 0 fully saturated rings. The minimum Gasteiger partial charge on any atom is -0.384 e. The number of carbonyl (C=O) groups is 1. The van der Waals surface area contributed by atoms with E-state index in [0.29, 0.717) is 13.0 Å². The van der Waals surface area contributed by atoms with E-state index in [2.05, 4.69) is 54.5 Å². The van der Waals surface area contributed by atoms with E-state index in [9.17, 15) is 4.79 Å². The Morgan fingerprint density at radius 3 is 2.45 bits per heavy atom. The molecule has 2 N–H and O–H groups in total. The summed E-state index contributed by atoms with van der Waals surface area (Å²) in [5, 5.41) is 6.35. The fourth-order valence-electron chi connectivity index (χ4n) is 2.31. The highest BCUT2D eigenvalue weighted by molar-refractivity contribution is 5.76. The lowest BCUT2D eigenvalue weighted by Crippen LogP contribution is -2.28. The number of anilines is 1. The van der Waals surface area contributed by atoms with Gasteiger partial charge in [0, 0.05) is 25.2 Å². The minimum absolute atomic E-state index is 0.0953. The molecular weight excluding hydrogens is 274 g/mol. The molecule has 0 aliphatic carbocycles. The molecule has 0 atom stereocenters. The third-order valence-electron chi connectivity index (χ3n) is 3.51. The number of benzene rings is 1. The highest BCUT2D eigenvalue weighted by atomic mass is 16.1. The van der Waals surface area contributed by atoms with E-state index in [0.717, 1.165) is 25.2 Å². The van der Waals surface area contributed by atoms with E-state index in [4.69, 9.17) is 0 Å². The van der Waals surface area contributed by atoms with Gasteiger partial charge in [-0.2, -0.15) is 0 Å². The highest BCUT2D eigenvalue weighted by Gasteiger charge is 2.17. The van der Waals surface area contributed by atoms with Gasteiger partial charge in [0.05, 0.1) is 0 Å². The largest absolute Gasteiger partial charge is 0.384 e. The van der Waals surface area contributed by atoms with Crippen LogP contribution in [0.3, 0.4) is 0 Å². The van der Waals surface area contributed by atoms with Gasteiger partial charge in [-0.3, -0.25) is 4.79 Å². The molecule has 0 aliphatic heterocycles. The molecule has 0 bridgehead atoms. The zero-order chi connectivity index (χ0) is 16.6. The van der Waals surface area contributed by atoms with Crippen molar-refractivity contribution in [1.29, 1.82) is 0 Å². The molecule has 0 aromatic heterocycles. The van der Waals surface area contributed by atoms with Crippen molar-refractivity contribution < 1.29 is 4.79 Å². The third kappa shape index (κ3) is 6.94. The molecule has 0 spiro atoms. The molecule has 0 radical (unpaired) electrons. The monoisotopic (exact) mass is 305 g/mol. The Kier molecular flexibility index (Phi) is 7.39. The Hall–Kier alpha value is -1.55. The molecule has 0 saturated carbocycles. The van der Waals surface area contributed by atoms with Crippen molar-refractivity contribution in [3.63, 3.8) is 0 Å². The molecule has 0 aliphatic rings. The maximum atomic E-state index is 11.8. The first kappa shape index (κ1) is 18.5. The van der Waals surface area contributed by atoms with Crippen LogP contribution >= 0.6 is 0 Å². The van der Waals surface area contributed by atoms with Gasteiger partial charge in [0.15, 0.2) is 0 Å². The van der Waals surface area contributed by atoms with Crippen LogP contribution in [0.2, 0.25) is 0 Å². The second-order valence-electron chi connectivity index (χ2n) is 6.98. The summed E-state index contributed by atoms with van der Waals surface area (Å²) in [6.45, 7) is 9.00. The first-order chi connectivity index (χ1) is 10.3. The summed E-state index contributed by atoms with van der Waals surface area (Å²) in [5.41, 5.74) is 2.50. The zero-order valence-electron chi connectivity index (χ0n) is 14.7. The molecule has 1 aromatic rings. The van der Waals surface area contributed by atoms with Crippen molar-refractivity contribution in [2.75, 3.05) is 39.0 Å². The van der Waals surface area contributed by atoms with E-state index < -0.39 is 0 Å². The van der Waals surface area contributed by atoms with E-state index in [1.54, 1.807) is 0 Å². The third-order valence-corrected chi connectivity index (χ3v) is 3.51. The lowest BCUT2D eigenvalue weighted by atomic mass is 9.86. The van der Waals surface area contributed by atoms with Crippen molar-refractivity contribution in [2.45, 2.75) is 39.0 Å². The Labute approximate surface area is 135 Å². The van der Waals surface area contributed by atoms with E-state index in [-0.39, 0.29) is 11.3 Å². The van der Waals surface area contributed by atoms with Gasteiger partial charge < -0.3 is 15.5 Å². The van der Waals surface area contributed by atoms with Crippen LogP contribution in [0.1, 0.15) is 39.2 Å². The zero-order valence-corrected chi connectivity index (χ0v) is 14.7.